The number of rotatable bonds is 7. The van der Waals surface area contributed by atoms with Crippen LogP contribution in [0.15, 0.2) is 97.1 Å². The molecule has 2 nitrogen and oxygen atoms in total. The van der Waals surface area contributed by atoms with Crippen LogP contribution >= 0.6 is 0 Å². The Morgan fingerprint density at radius 3 is 1.31 bits per heavy atom. The minimum absolute atomic E-state index is 0.0859. The van der Waals surface area contributed by atoms with Crippen LogP contribution in [0.3, 0.4) is 0 Å². The fourth-order valence-corrected chi connectivity index (χ4v) is 5.98. The van der Waals surface area contributed by atoms with Gasteiger partial charge >= 0.3 is 0 Å². The number of nitrogens with one attached hydrogen (secondary N) is 2. The number of anilines is 4. The molecule has 0 unspecified atom stereocenters. The Labute approximate surface area is 235 Å². The van der Waals surface area contributed by atoms with Crippen LogP contribution < -0.4 is 10.6 Å². The third-order valence-corrected chi connectivity index (χ3v) is 8.49. The molecule has 0 aliphatic heterocycles. The smallest absolute Gasteiger partial charge is 0.0384 e. The van der Waals surface area contributed by atoms with Crippen LogP contribution in [0.1, 0.15) is 94.9 Å². The molecule has 0 heterocycles. The molecule has 0 saturated heterocycles. The molecule has 1 aliphatic carbocycles. The van der Waals surface area contributed by atoms with Gasteiger partial charge in [0, 0.05) is 28.2 Å². The zero-order valence-electron chi connectivity index (χ0n) is 24.4. The minimum Gasteiger partial charge on any atom is -0.356 e. The van der Waals surface area contributed by atoms with Gasteiger partial charge in [-0.1, -0.05) is 102 Å². The van der Waals surface area contributed by atoms with E-state index < -0.39 is 0 Å². The Hall–Kier alpha value is -3.52. The van der Waals surface area contributed by atoms with Gasteiger partial charge in [-0.05, 0) is 95.0 Å². The van der Waals surface area contributed by atoms with Crippen molar-refractivity contribution in [2.24, 2.45) is 0 Å². The van der Waals surface area contributed by atoms with Crippen molar-refractivity contribution in [1.82, 2.24) is 0 Å². The second-order valence-electron chi connectivity index (χ2n) is 12.7. The molecule has 4 aromatic rings. The van der Waals surface area contributed by atoms with Crippen molar-refractivity contribution >= 4 is 22.7 Å². The summed E-state index contributed by atoms with van der Waals surface area (Å²) in [7, 11) is 0. The average Bonchev–Trinajstić information content (AvgIpc) is 2.94. The van der Waals surface area contributed by atoms with Crippen molar-refractivity contribution in [2.75, 3.05) is 10.6 Å². The molecule has 2 N–H and O–H groups in total. The van der Waals surface area contributed by atoms with Gasteiger partial charge in [0.05, 0.1) is 0 Å². The van der Waals surface area contributed by atoms with Gasteiger partial charge in [-0.3, -0.25) is 0 Å². The molecular formula is C37H44N2. The maximum Gasteiger partial charge on any atom is 0.0384 e. The molecule has 0 aromatic heterocycles. The Kier molecular flexibility index (Phi) is 7.84. The average molecular weight is 517 g/mol. The first kappa shape index (κ1) is 27.1. The zero-order chi connectivity index (χ0) is 27.5. The fraction of sp³-hybridized carbons (Fsp3) is 0.351. The summed E-state index contributed by atoms with van der Waals surface area (Å²) in [6.07, 6.45) is 6.30. The quantitative estimate of drug-likeness (QED) is 0.255. The van der Waals surface area contributed by atoms with Crippen molar-refractivity contribution in [3.8, 4) is 0 Å². The van der Waals surface area contributed by atoms with Gasteiger partial charge in [-0.2, -0.15) is 0 Å². The van der Waals surface area contributed by atoms with E-state index in [9.17, 15) is 0 Å². The Morgan fingerprint density at radius 1 is 0.538 bits per heavy atom. The van der Waals surface area contributed by atoms with Crippen molar-refractivity contribution in [1.29, 1.82) is 0 Å². The lowest BCUT2D eigenvalue weighted by molar-refractivity contribution is 0.346. The molecule has 2 heteroatoms. The first-order chi connectivity index (χ1) is 18.7. The van der Waals surface area contributed by atoms with Gasteiger partial charge in [0.25, 0.3) is 0 Å². The predicted octanol–water partition coefficient (Wildman–Crippen LogP) is 10.8. The van der Waals surface area contributed by atoms with E-state index >= 15 is 0 Å². The van der Waals surface area contributed by atoms with Gasteiger partial charge in [0.15, 0.2) is 0 Å². The monoisotopic (exact) mass is 516 g/mol. The lowest BCUT2D eigenvalue weighted by Gasteiger charge is -2.39. The van der Waals surface area contributed by atoms with Gasteiger partial charge in [-0.15, -0.1) is 0 Å². The summed E-state index contributed by atoms with van der Waals surface area (Å²) in [5.41, 5.74) is 10.4. The highest BCUT2D eigenvalue weighted by Gasteiger charge is 2.35. The van der Waals surface area contributed by atoms with E-state index in [0.29, 0.717) is 5.92 Å². The summed E-state index contributed by atoms with van der Waals surface area (Å²) in [5.74, 6) is 0.551. The fourth-order valence-electron chi connectivity index (χ4n) is 5.98. The SMILES string of the molecule is CC(C)c1ccc(Nc2ccc(C3(c4ccc(Nc5ccc(C(C)(C)C)cc5)cc4)CCCCC3)cc2)cc1. The Bertz CT molecular complexity index is 1330. The summed E-state index contributed by atoms with van der Waals surface area (Å²) >= 11 is 0. The second-order valence-corrected chi connectivity index (χ2v) is 12.7. The van der Waals surface area contributed by atoms with Gasteiger partial charge < -0.3 is 10.6 Å². The van der Waals surface area contributed by atoms with Crippen molar-refractivity contribution in [3.05, 3.63) is 119 Å². The first-order valence-corrected chi connectivity index (χ1v) is 14.7. The molecule has 1 aliphatic rings. The summed E-state index contributed by atoms with van der Waals surface area (Å²) in [5, 5.41) is 7.18. The maximum atomic E-state index is 3.60. The van der Waals surface area contributed by atoms with E-state index in [0.717, 1.165) is 22.7 Å². The second kappa shape index (κ2) is 11.3. The highest BCUT2D eigenvalue weighted by Crippen LogP contribution is 2.45. The number of benzene rings is 4. The molecule has 0 radical (unpaired) electrons. The van der Waals surface area contributed by atoms with Crippen molar-refractivity contribution in [3.63, 3.8) is 0 Å². The molecule has 0 amide bonds. The third-order valence-electron chi connectivity index (χ3n) is 8.49. The lowest BCUT2D eigenvalue weighted by Crippen LogP contribution is -2.30. The largest absolute Gasteiger partial charge is 0.356 e. The van der Waals surface area contributed by atoms with E-state index in [4.69, 9.17) is 0 Å². The van der Waals surface area contributed by atoms with Gasteiger partial charge in [0.2, 0.25) is 0 Å². The first-order valence-electron chi connectivity index (χ1n) is 14.7. The molecular weight excluding hydrogens is 472 g/mol. The summed E-state index contributed by atoms with van der Waals surface area (Å²) in [6.45, 7) is 11.2. The van der Waals surface area contributed by atoms with Crippen LogP contribution in [-0.4, -0.2) is 0 Å². The van der Waals surface area contributed by atoms with Crippen LogP contribution in [0, 0.1) is 0 Å². The van der Waals surface area contributed by atoms with Crippen LogP contribution in [0.25, 0.3) is 0 Å². The molecule has 0 atom stereocenters. The normalized spacial score (nSPS) is 15.2. The molecule has 39 heavy (non-hydrogen) atoms. The predicted molar refractivity (Wildman–Crippen MR) is 169 cm³/mol. The summed E-state index contributed by atoms with van der Waals surface area (Å²) in [6, 6.07) is 36.0. The van der Waals surface area contributed by atoms with Crippen molar-refractivity contribution < 1.29 is 0 Å². The van der Waals surface area contributed by atoms with Crippen molar-refractivity contribution in [2.45, 2.75) is 83.5 Å². The van der Waals surface area contributed by atoms with Gasteiger partial charge in [0.1, 0.15) is 0 Å². The molecule has 202 valence electrons. The standard InChI is InChI=1S/C37H44N2/c1-27(2)28-9-17-32(18-10-28)38-34-21-13-30(14-22-34)37(25-7-6-8-26-37)31-15-23-35(24-16-31)39-33-19-11-29(12-20-33)36(3,4)5/h9-24,27,38-39H,6-8,25-26H2,1-5H3. The van der Waals surface area contributed by atoms with Crippen LogP contribution in [0.4, 0.5) is 22.7 Å². The molecule has 1 saturated carbocycles. The zero-order valence-corrected chi connectivity index (χ0v) is 24.4. The molecule has 5 rings (SSSR count). The molecule has 1 fully saturated rings. The molecule has 0 bridgehead atoms. The van der Waals surface area contributed by atoms with Gasteiger partial charge in [-0.25, -0.2) is 0 Å². The Morgan fingerprint density at radius 2 is 0.923 bits per heavy atom. The third kappa shape index (κ3) is 6.22. The Balaban J connectivity index is 1.33. The molecule has 4 aromatic carbocycles. The molecule has 0 spiro atoms. The summed E-state index contributed by atoms with van der Waals surface area (Å²) < 4.78 is 0. The van der Waals surface area contributed by atoms with Crippen LogP contribution in [0.2, 0.25) is 0 Å². The highest BCUT2D eigenvalue weighted by atomic mass is 14.9. The lowest BCUT2D eigenvalue weighted by atomic mass is 9.65. The topological polar surface area (TPSA) is 24.1 Å². The van der Waals surface area contributed by atoms with E-state index in [2.05, 4.69) is 142 Å². The van der Waals surface area contributed by atoms with E-state index in [1.54, 1.807) is 0 Å². The number of hydrogen-bond acceptors (Lipinski definition) is 2. The van der Waals surface area contributed by atoms with Crippen LogP contribution in [-0.2, 0) is 10.8 Å². The van der Waals surface area contributed by atoms with E-state index in [1.807, 2.05) is 0 Å². The van der Waals surface area contributed by atoms with E-state index in [-0.39, 0.29) is 10.8 Å². The minimum atomic E-state index is 0.0859. The van der Waals surface area contributed by atoms with Crippen LogP contribution in [0.5, 0.6) is 0 Å². The highest BCUT2D eigenvalue weighted by molar-refractivity contribution is 5.63. The van der Waals surface area contributed by atoms with E-state index in [1.165, 1.54) is 54.4 Å². The summed E-state index contributed by atoms with van der Waals surface area (Å²) in [4.78, 5) is 0. The number of hydrogen-bond donors (Lipinski definition) is 2. The maximum absolute atomic E-state index is 3.60.